The summed E-state index contributed by atoms with van der Waals surface area (Å²) in [4.78, 5) is 23.4. The Morgan fingerprint density at radius 3 is 2.23 bits per heavy atom. The van der Waals surface area contributed by atoms with Gasteiger partial charge in [0, 0.05) is 23.9 Å². The minimum absolute atomic E-state index is 0.157. The molecule has 0 saturated heterocycles. The van der Waals surface area contributed by atoms with E-state index in [1.807, 2.05) is 12.1 Å². The molecule has 1 heterocycles. The van der Waals surface area contributed by atoms with Crippen molar-refractivity contribution >= 4 is 35.0 Å². The molecule has 0 aliphatic heterocycles. The van der Waals surface area contributed by atoms with E-state index in [0.29, 0.717) is 16.4 Å². The summed E-state index contributed by atoms with van der Waals surface area (Å²) < 4.78 is 0. The van der Waals surface area contributed by atoms with Crippen LogP contribution in [0.15, 0.2) is 53.6 Å². The predicted molar refractivity (Wildman–Crippen MR) is 122 cm³/mol. The van der Waals surface area contributed by atoms with Gasteiger partial charge in [-0.15, -0.1) is 10.2 Å². The number of amides is 2. The van der Waals surface area contributed by atoms with Crippen LogP contribution in [0, 0.1) is 20.8 Å². The van der Waals surface area contributed by atoms with Crippen LogP contribution >= 0.6 is 11.8 Å². The molecule has 6 nitrogen and oxygen atoms in total. The molecule has 0 fully saturated rings. The molecule has 0 saturated carbocycles. The van der Waals surface area contributed by atoms with Gasteiger partial charge in [-0.1, -0.05) is 23.9 Å². The van der Waals surface area contributed by atoms with Crippen molar-refractivity contribution in [3.05, 3.63) is 65.2 Å². The van der Waals surface area contributed by atoms with Crippen molar-refractivity contribution in [2.75, 3.05) is 16.4 Å². The summed E-state index contributed by atoms with van der Waals surface area (Å²) in [5.41, 5.74) is 6.78. The Kier molecular flexibility index (Phi) is 6.84. The summed E-state index contributed by atoms with van der Waals surface area (Å²) in [5.74, 6) is -0.107. The lowest BCUT2D eigenvalue weighted by Gasteiger charge is -2.09. The third-order valence-corrected chi connectivity index (χ3v) is 5.49. The number of benzene rings is 2. The van der Waals surface area contributed by atoms with Crippen LogP contribution in [0.25, 0.3) is 11.3 Å². The quantitative estimate of drug-likeness (QED) is 0.562. The Balaban J connectivity index is 1.59. The Labute approximate surface area is 180 Å². The van der Waals surface area contributed by atoms with Gasteiger partial charge in [0.05, 0.1) is 11.4 Å². The van der Waals surface area contributed by atoms with E-state index in [4.69, 9.17) is 0 Å². The van der Waals surface area contributed by atoms with Crippen LogP contribution < -0.4 is 10.6 Å². The first-order valence-electron chi connectivity index (χ1n) is 9.54. The normalized spacial score (nSPS) is 10.5. The number of nitrogens with one attached hydrogen (secondary N) is 2. The highest BCUT2D eigenvalue weighted by atomic mass is 32.2. The van der Waals surface area contributed by atoms with Crippen LogP contribution in [-0.4, -0.2) is 27.8 Å². The highest BCUT2D eigenvalue weighted by Crippen LogP contribution is 2.26. The van der Waals surface area contributed by atoms with Crippen molar-refractivity contribution in [3.63, 3.8) is 0 Å². The molecule has 7 heteroatoms. The van der Waals surface area contributed by atoms with E-state index in [9.17, 15) is 9.59 Å². The molecular formula is C23H24N4O2S. The second kappa shape index (κ2) is 9.54. The molecule has 2 amide bonds. The Hall–Kier alpha value is -3.19. The maximum absolute atomic E-state index is 12.3. The summed E-state index contributed by atoms with van der Waals surface area (Å²) in [7, 11) is 0. The average Bonchev–Trinajstić information content (AvgIpc) is 2.69. The van der Waals surface area contributed by atoms with E-state index in [0.717, 1.165) is 16.8 Å². The van der Waals surface area contributed by atoms with Gasteiger partial charge in [-0.2, -0.15) is 0 Å². The molecule has 1 aromatic heterocycles. The minimum atomic E-state index is -0.160. The monoisotopic (exact) mass is 420 g/mol. The number of carbonyl (C=O) groups excluding carboxylic acids is 2. The van der Waals surface area contributed by atoms with Crippen LogP contribution in [-0.2, 0) is 9.59 Å². The summed E-state index contributed by atoms with van der Waals surface area (Å²) in [6.45, 7) is 7.69. The van der Waals surface area contributed by atoms with Crippen molar-refractivity contribution < 1.29 is 9.59 Å². The molecule has 30 heavy (non-hydrogen) atoms. The highest BCUT2D eigenvalue weighted by molar-refractivity contribution is 7.99. The summed E-state index contributed by atoms with van der Waals surface area (Å²) in [6, 6.07) is 15.1. The van der Waals surface area contributed by atoms with Crippen LogP contribution in [0.4, 0.5) is 11.4 Å². The van der Waals surface area contributed by atoms with Crippen molar-refractivity contribution in [1.82, 2.24) is 10.2 Å². The van der Waals surface area contributed by atoms with Gasteiger partial charge in [0.2, 0.25) is 11.8 Å². The zero-order chi connectivity index (χ0) is 21.7. The number of aryl methyl sites for hydroxylation is 3. The fraction of sp³-hybridized carbons (Fsp3) is 0.217. The first-order valence-corrected chi connectivity index (χ1v) is 10.5. The Morgan fingerprint density at radius 1 is 0.867 bits per heavy atom. The number of anilines is 2. The second-order valence-corrected chi connectivity index (χ2v) is 8.10. The first kappa shape index (κ1) is 21.5. The van der Waals surface area contributed by atoms with Crippen LogP contribution in [0.3, 0.4) is 0 Å². The topological polar surface area (TPSA) is 84.0 Å². The molecule has 3 rings (SSSR count). The fourth-order valence-corrected chi connectivity index (χ4v) is 3.61. The molecule has 0 unspecified atom stereocenters. The Morgan fingerprint density at radius 2 is 1.57 bits per heavy atom. The predicted octanol–water partition coefficient (Wildman–Crippen LogP) is 4.76. The maximum Gasteiger partial charge on any atom is 0.234 e. The van der Waals surface area contributed by atoms with Gasteiger partial charge in [0.15, 0.2) is 0 Å². The zero-order valence-electron chi connectivity index (χ0n) is 17.4. The van der Waals surface area contributed by atoms with E-state index < -0.39 is 0 Å². The Bertz CT molecular complexity index is 1080. The van der Waals surface area contributed by atoms with Gasteiger partial charge in [-0.3, -0.25) is 9.59 Å². The molecule has 0 radical (unpaired) electrons. The number of hydrogen-bond acceptors (Lipinski definition) is 5. The van der Waals surface area contributed by atoms with E-state index >= 15 is 0 Å². The van der Waals surface area contributed by atoms with Crippen molar-refractivity contribution in [3.8, 4) is 11.3 Å². The second-order valence-electron chi connectivity index (χ2n) is 7.11. The molecule has 0 bridgehead atoms. The van der Waals surface area contributed by atoms with Crippen molar-refractivity contribution in [2.45, 2.75) is 32.7 Å². The lowest BCUT2D eigenvalue weighted by molar-refractivity contribution is -0.114. The number of aromatic nitrogens is 2. The minimum Gasteiger partial charge on any atom is -0.326 e. The van der Waals surface area contributed by atoms with Gasteiger partial charge in [0.1, 0.15) is 5.03 Å². The largest absolute Gasteiger partial charge is 0.326 e. The molecule has 0 aliphatic rings. The maximum atomic E-state index is 12.3. The first-order chi connectivity index (χ1) is 14.3. The van der Waals surface area contributed by atoms with Gasteiger partial charge >= 0.3 is 0 Å². The molecule has 0 spiro atoms. The summed E-state index contributed by atoms with van der Waals surface area (Å²) in [5, 5.41) is 14.8. The number of hydrogen-bond donors (Lipinski definition) is 2. The third kappa shape index (κ3) is 5.67. The van der Waals surface area contributed by atoms with Gasteiger partial charge < -0.3 is 10.6 Å². The molecule has 2 aromatic carbocycles. The van der Waals surface area contributed by atoms with E-state index in [-0.39, 0.29) is 17.6 Å². The molecule has 0 aliphatic carbocycles. The van der Waals surface area contributed by atoms with Crippen molar-refractivity contribution in [1.29, 1.82) is 0 Å². The standard InChI is InChI=1S/C23H24N4O2S/c1-14-10-16(3)20(11-15(14)2)21-8-9-23(27-26-21)30-13-22(29)25-19-7-5-6-18(12-19)24-17(4)28/h5-12H,13H2,1-4H3,(H,24,28)(H,25,29). The van der Waals surface area contributed by atoms with Crippen LogP contribution in [0.1, 0.15) is 23.6 Å². The average molecular weight is 421 g/mol. The third-order valence-electron chi connectivity index (χ3n) is 4.57. The SMILES string of the molecule is CC(=O)Nc1cccc(NC(=O)CSc2ccc(-c3cc(C)c(C)cc3C)nn2)c1. The lowest BCUT2D eigenvalue weighted by atomic mass is 9.99. The van der Waals surface area contributed by atoms with Gasteiger partial charge in [-0.05, 0) is 73.9 Å². The van der Waals surface area contributed by atoms with Crippen LogP contribution in [0.5, 0.6) is 0 Å². The van der Waals surface area contributed by atoms with Gasteiger partial charge in [-0.25, -0.2) is 0 Å². The molecule has 0 atom stereocenters. The fourth-order valence-electron chi connectivity index (χ4n) is 2.99. The molecule has 154 valence electrons. The lowest BCUT2D eigenvalue weighted by Crippen LogP contribution is -2.14. The number of rotatable bonds is 6. The number of nitrogens with zero attached hydrogens (tertiary/aromatic N) is 2. The summed E-state index contributed by atoms with van der Waals surface area (Å²) >= 11 is 1.32. The van der Waals surface area contributed by atoms with E-state index in [1.54, 1.807) is 24.3 Å². The number of carbonyl (C=O) groups is 2. The van der Waals surface area contributed by atoms with Gasteiger partial charge in [0.25, 0.3) is 0 Å². The zero-order valence-corrected chi connectivity index (χ0v) is 18.3. The molecule has 3 aromatic rings. The van der Waals surface area contributed by atoms with Crippen molar-refractivity contribution in [2.24, 2.45) is 0 Å². The number of thioether (sulfide) groups is 1. The highest BCUT2D eigenvalue weighted by Gasteiger charge is 2.09. The molecule has 2 N–H and O–H groups in total. The van der Waals surface area contributed by atoms with Crippen LogP contribution in [0.2, 0.25) is 0 Å². The summed E-state index contributed by atoms with van der Waals surface area (Å²) in [6.07, 6.45) is 0. The molecular weight excluding hydrogens is 396 g/mol. The smallest absolute Gasteiger partial charge is 0.234 e. The van der Waals surface area contributed by atoms with E-state index in [1.165, 1.54) is 29.8 Å². The van der Waals surface area contributed by atoms with E-state index in [2.05, 4.69) is 53.7 Å².